The highest BCUT2D eigenvalue weighted by atomic mass is 16.5. The first-order valence-electron chi connectivity index (χ1n) is 6.27. The van der Waals surface area contributed by atoms with E-state index in [1.165, 1.54) is 0 Å². The fourth-order valence-electron chi connectivity index (χ4n) is 2.07. The van der Waals surface area contributed by atoms with Crippen LogP contribution in [-0.4, -0.2) is 48.8 Å². The van der Waals surface area contributed by atoms with Gasteiger partial charge in [-0.15, -0.1) is 0 Å². The van der Waals surface area contributed by atoms with Gasteiger partial charge in [0.25, 0.3) is 5.91 Å². The first kappa shape index (κ1) is 13.6. The molecule has 1 aliphatic heterocycles. The van der Waals surface area contributed by atoms with Crippen LogP contribution in [0.2, 0.25) is 0 Å². The number of hydrogen-bond donors (Lipinski definition) is 1. The minimum Gasteiger partial charge on any atom is -0.384 e. The summed E-state index contributed by atoms with van der Waals surface area (Å²) in [6, 6.07) is 7.29. The second-order valence-corrected chi connectivity index (χ2v) is 4.47. The number of hydrogen-bond acceptors (Lipinski definition) is 3. The number of aliphatic hydroxyl groups excluding tert-OH is 1. The van der Waals surface area contributed by atoms with Gasteiger partial charge in [0.2, 0.25) is 0 Å². The summed E-state index contributed by atoms with van der Waals surface area (Å²) in [5, 5.41) is 8.68. The molecule has 1 atom stereocenters. The summed E-state index contributed by atoms with van der Waals surface area (Å²) < 4.78 is 5.30. The molecule has 0 aliphatic carbocycles. The van der Waals surface area contributed by atoms with Gasteiger partial charge < -0.3 is 14.7 Å². The fourth-order valence-corrected chi connectivity index (χ4v) is 2.07. The maximum Gasteiger partial charge on any atom is 0.253 e. The second kappa shape index (κ2) is 6.37. The van der Waals surface area contributed by atoms with Gasteiger partial charge in [-0.3, -0.25) is 4.79 Å². The monoisotopic (exact) mass is 259 g/mol. The average molecular weight is 259 g/mol. The van der Waals surface area contributed by atoms with Crippen molar-refractivity contribution in [3.8, 4) is 11.8 Å². The topological polar surface area (TPSA) is 49.8 Å². The van der Waals surface area contributed by atoms with Crippen molar-refractivity contribution in [1.82, 2.24) is 4.90 Å². The second-order valence-electron chi connectivity index (χ2n) is 4.47. The van der Waals surface area contributed by atoms with Gasteiger partial charge in [-0.1, -0.05) is 17.9 Å². The first-order chi connectivity index (χ1) is 9.22. The van der Waals surface area contributed by atoms with Crippen molar-refractivity contribution in [3.63, 3.8) is 0 Å². The van der Waals surface area contributed by atoms with Gasteiger partial charge in [-0.05, 0) is 24.6 Å². The van der Waals surface area contributed by atoms with Crippen LogP contribution in [0.4, 0.5) is 0 Å². The minimum absolute atomic E-state index is 0.0249. The summed E-state index contributed by atoms with van der Waals surface area (Å²) >= 11 is 0. The van der Waals surface area contributed by atoms with Crippen LogP contribution in [0.5, 0.6) is 0 Å². The molecule has 2 rings (SSSR count). The van der Waals surface area contributed by atoms with Crippen LogP contribution in [0.3, 0.4) is 0 Å². The molecule has 1 unspecified atom stereocenters. The molecule has 0 radical (unpaired) electrons. The Hall–Kier alpha value is -1.83. The maximum atomic E-state index is 12.3. The molecule has 1 aliphatic rings. The van der Waals surface area contributed by atoms with Crippen molar-refractivity contribution >= 4 is 5.91 Å². The molecule has 4 heteroatoms. The quantitative estimate of drug-likeness (QED) is 0.803. The predicted molar refractivity (Wildman–Crippen MR) is 71.7 cm³/mol. The Morgan fingerprint density at radius 3 is 3.11 bits per heavy atom. The van der Waals surface area contributed by atoms with Crippen LogP contribution in [0.1, 0.15) is 22.3 Å². The van der Waals surface area contributed by atoms with Crippen molar-refractivity contribution in [2.45, 2.75) is 12.5 Å². The third-order valence-electron chi connectivity index (χ3n) is 3.20. The van der Waals surface area contributed by atoms with Crippen molar-refractivity contribution < 1.29 is 14.6 Å². The van der Waals surface area contributed by atoms with E-state index in [1.54, 1.807) is 30.1 Å². The van der Waals surface area contributed by atoms with Crippen LogP contribution in [-0.2, 0) is 4.74 Å². The summed E-state index contributed by atoms with van der Waals surface area (Å²) in [5.74, 6) is 5.35. The molecular formula is C15H17NO3. The van der Waals surface area contributed by atoms with Gasteiger partial charge in [-0.25, -0.2) is 0 Å². The molecule has 0 saturated carbocycles. The Labute approximate surface area is 113 Å². The number of benzene rings is 1. The summed E-state index contributed by atoms with van der Waals surface area (Å²) in [6.45, 7) is 1.13. The number of likely N-dealkylation sites (N-methyl/N-ethyl adjacent to an activating group) is 1. The zero-order valence-electron chi connectivity index (χ0n) is 10.9. The third-order valence-corrected chi connectivity index (χ3v) is 3.20. The Kier molecular flexibility index (Phi) is 4.56. The van der Waals surface area contributed by atoms with Gasteiger partial charge in [0.05, 0.1) is 12.6 Å². The van der Waals surface area contributed by atoms with Gasteiger partial charge in [0.1, 0.15) is 6.61 Å². The largest absolute Gasteiger partial charge is 0.384 e. The Morgan fingerprint density at radius 1 is 1.58 bits per heavy atom. The SMILES string of the molecule is CN(C(=O)c1cccc(C#CCO)c1)C1CCOC1. The van der Waals surface area contributed by atoms with Gasteiger partial charge >= 0.3 is 0 Å². The lowest BCUT2D eigenvalue weighted by molar-refractivity contribution is 0.0711. The van der Waals surface area contributed by atoms with Crippen molar-refractivity contribution in [2.24, 2.45) is 0 Å². The van der Waals surface area contributed by atoms with E-state index in [0.717, 1.165) is 12.0 Å². The highest BCUT2D eigenvalue weighted by molar-refractivity contribution is 5.94. The lowest BCUT2D eigenvalue weighted by Crippen LogP contribution is -2.37. The molecule has 0 bridgehead atoms. The Bertz CT molecular complexity index is 510. The molecule has 1 aromatic carbocycles. The molecule has 1 N–H and O–H groups in total. The molecule has 4 nitrogen and oxygen atoms in total. The minimum atomic E-state index is -0.183. The standard InChI is InChI=1S/C15H17NO3/c1-16(14-7-9-19-11-14)15(18)13-6-2-4-12(10-13)5-3-8-17/h2,4,6,10,14,17H,7-9,11H2,1H3. The Balaban J connectivity index is 2.14. The van der Waals surface area contributed by atoms with Crippen molar-refractivity contribution in [3.05, 3.63) is 35.4 Å². The smallest absolute Gasteiger partial charge is 0.253 e. The number of carbonyl (C=O) groups excluding carboxylic acids is 1. The molecule has 0 spiro atoms. The number of carbonyl (C=O) groups is 1. The molecule has 0 aromatic heterocycles. The summed E-state index contributed by atoms with van der Waals surface area (Å²) in [7, 11) is 1.80. The molecule has 1 heterocycles. The van der Waals surface area contributed by atoms with Crippen LogP contribution >= 0.6 is 0 Å². The van der Waals surface area contributed by atoms with E-state index in [0.29, 0.717) is 18.8 Å². The summed E-state index contributed by atoms with van der Waals surface area (Å²) in [5.41, 5.74) is 1.34. The van der Waals surface area contributed by atoms with E-state index in [1.807, 2.05) is 6.07 Å². The molecule has 100 valence electrons. The molecule has 19 heavy (non-hydrogen) atoms. The van der Waals surface area contributed by atoms with E-state index < -0.39 is 0 Å². The zero-order valence-corrected chi connectivity index (χ0v) is 10.9. The average Bonchev–Trinajstić information content (AvgIpc) is 2.98. The van der Waals surface area contributed by atoms with Crippen molar-refractivity contribution in [2.75, 3.05) is 26.9 Å². The lowest BCUT2D eigenvalue weighted by atomic mass is 10.1. The summed E-state index contributed by atoms with van der Waals surface area (Å²) in [6.07, 6.45) is 0.881. The maximum absolute atomic E-state index is 12.3. The molecule has 1 aromatic rings. The van der Waals surface area contributed by atoms with E-state index in [-0.39, 0.29) is 18.6 Å². The summed E-state index contributed by atoms with van der Waals surface area (Å²) in [4.78, 5) is 14.1. The zero-order chi connectivity index (χ0) is 13.7. The number of ether oxygens (including phenoxy) is 1. The fraction of sp³-hybridized carbons (Fsp3) is 0.400. The molecular weight excluding hydrogens is 242 g/mol. The Morgan fingerprint density at radius 2 is 2.42 bits per heavy atom. The lowest BCUT2D eigenvalue weighted by Gasteiger charge is -2.23. The van der Waals surface area contributed by atoms with E-state index >= 15 is 0 Å². The van der Waals surface area contributed by atoms with Gasteiger partial charge in [-0.2, -0.15) is 0 Å². The number of amides is 1. The number of aliphatic hydroxyl groups is 1. The predicted octanol–water partition coefficient (Wildman–Crippen LogP) is 0.891. The van der Waals surface area contributed by atoms with E-state index in [2.05, 4.69) is 11.8 Å². The highest BCUT2D eigenvalue weighted by Gasteiger charge is 2.24. The van der Waals surface area contributed by atoms with E-state index in [9.17, 15) is 4.79 Å². The van der Waals surface area contributed by atoms with Crippen LogP contribution in [0.25, 0.3) is 0 Å². The normalized spacial score (nSPS) is 17.7. The van der Waals surface area contributed by atoms with E-state index in [4.69, 9.17) is 9.84 Å². The molecule has 1 fully saturated rings. The van der Waals surface area contributed by atoms with Gasteiger partial charge in [0.15, 0.2) is 0 Å². The van der Waals surface area contributed by atoms with Crippen LogP contribution in [0.15, 0.2) is 24.3 Å². The number of nitrogens with zero attached hydrogens (tertiary/aromatic N) is 1. The third kappa shape index (κ3) is 3.34. The number of rotatable bonds is 2. The van der Waals surface area contributed by atoms with Gasteiger partial charge in [0, 0.05) is 24.8 Å². The molecule has 1 amide bonds. The molecule has 1 saturated heterocycles. The van der Waals surface area contributed by atoms with Crippen LogP contribution in [0, 0.1) is 11.8 Å². The first-order valence-corrected chi connectivity index (χ1v) is 6.27. The highest BCUT2D eigenvalue weighted by Crippen LogP contribution is 2.14. The van der Waals surface area contributed by atoms with Crippen LogP contribution < -0.4 is 0 Å². The van der Waals surface area contributed by atoms with Crippen molar-refractivity contribution in [1.29, 1.82) is 0 Å².